The largest absolute Gasteiger partial charge is 0.343 e. The van der Waals surface area contributed by atoms with Crippen LogP contribution in [0.3, 0.4) is 0 Å². The maximum Gasteiger partial charge on any atom is 0.225 e. The van der Waals surface area contributed by atoms with Crippen molar-refractivity contribution < 1.29 is 4.79 Å². The number of anilines is 1. The Kier molecular flexibility index (Phi) is 4.60. The van der Waals surface area contributed by atoms with Gasteiger partial charge >= 0.3 is 0 Å². The van der Waals surface area contributed by atoms with Gasteiger partial charge in [-0.05, 0) is 51.5 Å². The van der Waals surface area contributed by atoms with Crippen LogP contribution in [-0.4, -0.2) is 47.0 Å². The van der Waals surface area contributed by atoms with Crippen molar-refractivity contribution in [2.45, 2.75) is 46.0 Å². The maximum atomic E-state index is 12.2. The summed E-state index contributed by atoms with van der Waals surface area (Å²) in [6.45, 7) is 7.88. The molecular weight excluding hydrogens is 276 g/mol. The summed E-state index contributed by atoms with van der Waals surface area (Å²) in [6, 6.07) is 2.00. The molecule has 2 aliphatic rings. The van der Waals surface area contributed by atoms with Gasteiger partial charge in [0.25, 0.3) is 0 Å². The van der Waals surface area contributed by atoms with E-state index in [1.54, 1.807) is 0 Å². The van der Waals surface area contributed by atoms with E-state index in [1.165, 1.54) is 12.8 Å². The van der Waals surface area contributed by atoms with E-state index >= 15 is 0 Å². The second kappa shape index (κ2) is 6.63. The molecule has 0 N–H and O–H groups in total. The smallest absolute Gasteiger partial charge is 0.225 e. The van der Waals surface area contributed by atoms with Gasteiger partial charge in [-0.2, -0.15) is 0 Å². The molecule has 0 spiro atoms. The van der Waals surface area contributed by atoms with Crippen molar-refractivity contribution in [2.75, 3.05) is 31.1 Å². The van der Waals surface area contributed by atoms with Gasteiger partial charge in [-0.3, -0.25) is 4.79 Å². The van der Waals surface area contributed by atoms with Gasteiger partial charge < -0.3 is 9.80 Å². The Morgan fingerprint density at radius 2 is 1.68 bits per heavy atom. The molecule has 0 saturated carbocycles. The van der Waals surface area contributed by atoms with Crippen LogP contribution in [0.25, 0.3) is 0 Å². The highest BCUT2D eigenvalue weighted by Gasteiger charge is 2.26. The van der Waals surface area contributed by atoms with Crippen LogP contribution >= 0.6 is 0 Å². The predicted molar refractivity (Wildman–Crippen MR) is 86.9 cm³/mol. The fourth-order valence-corrected chi connectivity index (χ4v) is 3.53. The SMILES string of the molecule is Cc1cc(C)nc(N2CCC(CC(=O)N3CCCC3)CC2)n1. The van der Waals surface area contributed by atoms with Gasteiger partial charge in [-0.25, -0.2) is 9.97 Å². The number of hydrogen-bond donors (Lipinski definition) is 0. The summed E-state index contributed by atoms with van der Waals surface area (Å²) in [5.41, 5.74) is 2.04. The van der Waals surface area contributed by atoms with E-state index in [4.69, 9.17) is 0 Å². The average molecular weight is 302 g/mol. The Bertz CT molecular complexity index is 511. The lowest BCUT2D eigenvalue weighted by Crippen LogP contribution is -2.37. The highest BCUT2D eigenvalue weighted by molar-refractivity contribution is 5.76. The van der Waals surface area contributed by atoms with Gasteiger partial charge in [0, 0.05) is 44.0 Å². The predicted octanol–water partition coefficient (Wildman–Crippen LogP) is 2.32. The molecule has 120 valence electrons. The molecule has 1 aromatic rings. The summed E-state index contributed by atoms with van der Waals surface area (Å²) >= 11 is 0. The molecule has 1 aromatic heterocycles. The molecule has 3 rings (SSSR count). The fourth-order valence-electron chi connectivity index (χ4n) is 3.53. The first kappa shape index (κ1) is 15.3. The Morgan fingerprint density at radius 3 is 2.27 bits per heavy atom. The van der Waals surface area contributed by atoms with Crippen LogP contribution in [0.5, 0.6) is 0 Å². The van der Waals surface area contributed by atoms with Crippen LogP contribution in [0.15, 0.2) is 6.07 Å². The van der Waals surface area contributed by atoms with E-state index < -0.39 is 0 Å². The van der Waals surface area contributed by atoms with E-state index in [0.29, 0.717) is 11.8 Å². The summed E-state index contributed by atoms with van der Waals surface area (Å²) in [7, 11) is 0. The molecule has 0 aromatic carbocycles. The number of rotatable bonds is 3. The first-order valence-electron chi connectivity index (χ1n) is 8.47. The quantitative estimate of drug-likeness (QED) is 0.860. The van der Waals surface area contributed by atoms with Crippen LogP contribution in [0.2, 0.25) is 0 Å². The van der Waals surface area contributed by atoms with E-state index in [-0.39, 0.29) is 0 Å². The number of nitrogens with zero attached hydrogens (tertiary/aromatic N) is 4. The number of aromatic nitrogens is 2. The van der Waals surface area contributed by atoms with Crippen LogP contribution in [-0.2, 0) is 4.79 Å². The lowest BCUT2D eigenvalue weighted by atomic mass is 9.93. The molecule has 0 bridgehead atoms. The van der Waals surface area contributed by atoms with Crippen LogP contribution < -0.4 is 4.90 Å². The Hall–Kier alpha value is -1.65. The molecule has 5 heteroatoms. The molecule has 2 fully saturated rings. The van der Waals surface area contributed by atoms with E-state index in [1.807, 2.05) is 24.8 Å². The molecule has 22 heavy (non-hydrogen) atoms. The molecular formula is C17H26N4O. The highest BCUT2D eigenvalue weighted by Crippen LogP contribution is 2.25. The first-order valence-corrected chi connectivity index (χ1v) is 8.47. The number of amides is 1. The van der Waals surface area contributed by atoms with Gasteiger partial charge in [0.15, 0.2) is 0 Å². The van der Waals surface area contributed by atoms with Crippen molar-refractivity contribution >= 4 is 11.9 Å². The number of carbonyl (C=O) groups excluding carboxylic acids is 1. The summed E-state index contributed by atoms with van der Waals surface area (Å²) in [5, 5.41) is 0. The maximum absolute atomic E-state index is 12.2. The third kappa shape index (κ3) is 3.57. The monoisotopic (exact) mass is 302 g/mol. The average Bonchev–Trinajstić information content (AvgIpc) is 3.01. The van der Waals surface area contributed by atoms with Crippen molar-refractivity contribution in [1.82, 2.24) is 14.9 Å². The minimum absolute atomic E-state index is 0.360. The normalized spacial score (nSPS) is 19.7. The summed E-state index contributed by atoms with van der Waals surface area (Å²) < 4.78 is 0. The Balaban J connectivity index is 1.52. The third-order valence-corrected chi connectivity index (χ3v) is 4.79. The molecule has 0 radical (unpaired) electrons. The van der Waals surface area contributed by atoms with Crippen molar-refractivity contribution in [3.8, 4) is 0 Å². The lowest BCUT2D eigenvalue weighted by molar-refractivity contribution is -0.131. The summed E-state index contributed by atoms with van der Waals surface area (Å²) in [5.74, 6) is 1.73. The summed E-state index contributed by atoms with van der Waals surface area (Å²) in [4.78, 5) is 25.6. The number of piperidine rings is 1. The van der Waals surface area contributed by atoms with E-state index in [2.05, 4.69) is 14.9 Å². The minimum atomic E-state index is 0.360. The van der Waals surface area contributed by atoms with Gasteiger partial charge in [0.1, 0.15) is 0 Å². The molecule has 0 unspecified atom stereocenters. The molecule has 2 aliphatic heterocycles. The lowest BCUT2D eigenvalue weighted by Gasteiger charge is -2.32. The molecule has 5 nitrogen and oxygen atoms in total. The second-order valence-corrected chi connectivity index (χ2v) is 6.67. The van der Waals surface area contributed by atoms with Gasteiger partial charge in [0.05, 0.1) is 0 Å². The van der Waals surface area contributed by atoms with E-state index in [9.17, 15) is 4.79 Å². The molecule has 0 atom stereocenters. The standard InChI is InChI=1S/C17H26N4O/c1-13-11-14(2)19-17(18-13)21-9-5-15(6-10-21)12-16(22)20-7-3-4-8-20/h11,15H,3-10,12H2,1-2H3. The van der Waals surface area contributed by atoms with Crippen molar-refractivity contribution in [1.29, 1.82) is 0 Å². The zero-order valence-corrected chi connectivity index (χ0v) is 13.7. The number of aryl methyl sites for hydroxylation is 2. The van der Waals surface area contributed by atoms with Crippen molar-refractivity contribution in [3.63, 3.8) is 0 Å². The first-order chi connectivity index (χ1) is 10.6. The van der Waals surface area contributed by atoms with Gasteiger partial charge in [0.2, 0.25) is 11.9 Å². The second-order valence-electron chi connectivity index (χ2n) is 6.67. The van der Waals surface area contributed by atoms with Crippen molar-refractivity contribution in [3.05, 3.63) is 17.5 Å². The number of likely N-dealkylation sites (tertiary alicyclic amines) is 1. The molecule has 0 aliphatic carbocycles. The molecule has 3 heterocycles. The minimum Gasteiger partial charge on any atom is -0.343 e. The molecule has 2 saturated heterocycles. The topological polar surface area (TPSA) is 49.3 Å². The highest BCUT2D eigenvalue weighted by atomic mass is 16.2. The fraction of sp³-hybridized carbons (Fsp3) is 0.706. The van der Waals surface area contributed by atoms with Crippen molar-refractivity contribution in [2.24, 2.45) is 5.92 Å². The zero-order valence-electron chi connectivity index (χ0n) is 13.7. The van der Waals surface area contributed by atoms with Crippen LogP contribution in [0.1, 0.15) is 43.5 Å². The number of carbonyl (C=O) groups is 1. The van der Waals surface area contributed by atoms with Crippen LogP contribution in [0, 0.1) is 19.8 Å². The van der Waals surface area contributed by atoms with Crippen LogP contribution in [0.4, 0.5) is 5.95 Å². The third-order valence-electron chi connectivity index (χ3n) is 4.79. The zero-order chi connectivity index (χ0) is 15.5. The molecule has 1 amide bonds. The summed E-state index contributed by atoms with van der Waals surface area (Å²) in [6.07, 6.45) is 5.20. The Morgan fingerprint density at radius 1 is 1.09 bits per heavy atom. The number of hydrogen-bond acceptors (Lipinski definition) is 4. The van der Waals surface area contributed by atoms with Gasteiger partial charge in [-0.1, -0.05) is 0 Å². The Labute approximate surface area is 132 Å². The van der Waals surface area contributed by atoms with Gasteiger partial charge in [-0.15, -0.1) is 0 Å². The van der Waals surface area contributed by atoms with E-state index in [0.717, 1.165) is 62.8 Å².